The number of carbonyl (C=O) groups excluding carboxylic acids is 1. The summed E-state index contributed by atoms with van der Waals surface area (Å²) in [7, 11) is 5.07. The van der Waals surface area contributed by atoms with Crippen LogP contribution in [0.4, 0.5) is 5.69 Å². The van der Waals surface area contributed by atoms with Gasteiger partial charge in [0.1, 0.15) is 4.47 Å². The maximum Gasteiger partial charge on any atom is 0.277 e. The molecule has 0 aliphatic carbocycles. The Hall–Kier alpha value is -1.83. The van der Waals surface area contributed by atoms with Gasteiger partial charge in [-0.3, -0.25) is 9.48 Å². The molecule has 0 atom stereocenters. The summed E-state index contributed by atoms with van der Waals surface area (Å²) >= 11 is 3.33. The van der Waals surface area contributed by atoms with Crippen molar-refractivity contribution in [1.82, 2.24) is 19.6 Å². The SMILES string of the molecule is COc1c(Br)c(C(=O)Nc2c(C)nn(C)c2C)nn1C. The minimum Gasteiger partial charge on any atom is -0.480 e. The number of halogens is 1. The lowest BCUT2D eigenvalue weighted by Crippen LogP contribution is -2.14. The van der Waals surface area contributed by atoms with Crippen LogP contribution in [0.25, 0.3) is 0 Å². The summed E-state index contributed by atoms with van der Waals surface area (Å²) in [6.07, 6.45) is 0. The standard InChI is InChI=1S/C12H16BrN5O2/c1-6-9(7(2)17(3)15-6)14-11(19)10-8(13)12(20-5)18(4)16-10/h1-5H3,(H,14,19). The van der Waals surface area contributed by atoms with Crippen LogP contribution in [0, 0.1) is 13.8 Å². The molecular weight excluding hydrogens is 326 g/mol. The van der Waals surface area contributed by atoms with Crippen molar-refractivity contribution in [1.29, 1.82) is 0 Å². The molecule has 0 saturated carbocycles. The number of aryl methyl sites for hydroxylation is 3. The Morgan fingerprint density at radius 2 is 1.90 bits per heavy atom. The van der Waals surface area contributed by atoms with Gasteiger partial charge in [0, 0.05) is 14.1 Å². The van der Waals surface area contributed by atoms with E-state index in [0.717, 1.165) is 11.4 Å². The second-order valence-corrected chi connectivity index (χ2v) is 5.21. The predicted molar refractivity (Wildman–Crippen MR) is 78.1 cm³/mol. The summed E-state index contributed by atoms with van der Waals surface area (Å²) in [6, 6.07) is 0. The molecule has 8 heteroatoms. The molecule has 7 nitrogen and oxygen atoms in total. The molecular formula is C12H16BrN5O2. The Morgan fingerprint density at radius 3 is 2.35 bits per heavy atom. The van der Waals surface area contributed by atoms with E-state index < -0.39 is 0 Å². The molecule has 0 fully saturated rings. The molecule has 0 spiro atoms. The maximum absolute atomic E-state index is 12.3. The Labute approximate surface area is 125 Å². The maximum atomic E-state index is 12.3. The second kappa shape index (κ2) is 5.28. The van der Waals surface area contributed by atoms with Crippen LogP contribution in [-0.2, 0) is 14.1 Å². The molecule has 0 aliphatic rings. The van der Waals surface area contributed by atoms with Gasteiger partial charge in [-0.2, -0.15) is 10.2 Å². The number of nitrogens with one attached hydrogen (secondary N) is 1. The van der Waals surface area contributed by atoms with Crippen LogP contribution in [0.15, 0.2) is 4.47 Å². The van der Waals surface area contributed by atoms with Gasteiger partial charge in [0.25, 0.3) is 5.91 Å². The highest BCUT2D eigenvalue weighted by molar-refractivity contribution is 9.10. The third-order valence-electron chi connectivity index (χ3n) is 3.10. The lowest BCUT2D eigenvalue weighted by molar-refractivity contribution is 0.102. The van der Waals surface area contributed by atoms with E-state index in [-0.39, 0.29) is 11.6 Å². The van der Waals surface area contributed by atoms with Crippen molar-refractivity contribution in [2.75, 3.05) is 12.4 Å². The summed E-state index contributed by atoms with van der Waals surface area (Å²) in [5.41, 5.74) is 2.62. The highest BCUT2D eigenvalue weighted by atomic mass is 79.9. The highest BCUT2D eigenvalue weighted by Gasteiger charge is 2.22. The highest BCUT2D eigenvalue weighted by Crippen LogP contribution is 2.29. The number of anilines is 1. The summed E-state index contributed by atoms with van der Waals surface area (Å²) in [6.45, 7) is 3.74. The third-order valence-corrected chi connectivity index (χ3v) is 3.81. The van der Waals surface area contributed by atoms with Crippen LogP contribution >= 0.6 is 15.9 Å². The zero-order valence-corrected chi connectivity index (χ0v) is 13.6. The van der Waals surface area contributed by atoms with Gasteiger partial charge in [0.15, 0.2) is 5.69 Å². The van der Waals surface area contributed by atoms with E-state index in [9.17, 15) is 4.79 Å². The molecule has 0 unspecified atom stereocenters. The minimum absolute atomic E-state index is 0.270. The molecule has 0 saturated heterocycles. The van der Waals surface area contributed by atoms with Crippen LogP contribution in [0.3, 0.4) is 0 Å². The van der Waals surface area contributed by atoms with Gasteiger partial charge in [-0.15, -0.1) is 0 Å². The van der Waals surface area contributed by atoms with Gasteiger partial charge in [-0.05, 0) is 29.8 Å². The fraction of sp³-hybridized carbons (Fsp3) is 0.417. The van der Waals surface area contributed by atoms with Crippen molar-refractivity contribution in [2.24, 2.45) is 14.1 Å². The number of amides is 1. The number of hydrogen-bond acceptors (Lipinski definition) is 4. The number of carbonyl (C=O) groups is 1. The minimum atomic E-state index is -0.310. The Bertz CT molecular complexity index is 674. The van der Waals surface area contributed by atoms with Gasteiger partial charge in [-0.1, -0.05) is 0 Å². The fourth-order valence-corrected chi connectivity index (χ4v) is 2.65. The van der Waals surface area contributed by atoms with E-state index in [0.29, 0.717) is 16.0 Å². The van der Waals surface area contributed by atoms with E-state index >= 15 is 0 Å². The molecule has 0 radical (unpaired) electrons. The monoisotopic (exact) mass is 341 g/mol. The molecule has 1 N–H and O–H groups in total. The Kier molecular flexibility index (Phi) is 3.85. The van der Waals surface area contributed by atoms with Gasteiger partial charge < -0.3 is 10.1 Å². The molecule has 2 rings (SSSR count). The third kappa shape index (κ3) is 2.31. The summed E-state index contributed by atoms with van der Waals surface area (Å²) in [5, 5.41) is 11.2. The van der Waals surface area contributed by atoms with E-state index in [2.05, 4.69) is 31.4 Å². The number of nitrogens with zero attached hydrogens (tertiary/aromatic N) is 4. The van der Waals surface area contributed by atoms with Gasteiger partial charge in [-0.25, -0.2) is 4.68 Å². The number of methoxy groups -OCH3 is 1. The topological polar surface area (TPSA) is 74.0 Å². The molecule has 2 aromatic rings. The van der Waals surface area contributed by atoms with Gasteiger partial charge >= 0.3 is 0 Å². The number of ether oxygens (including phenoxy) is 1. The number of rotatable bonds is 3. The van der Waals surface area contributed by atoms with Crippen molar-refractivity contribution < 1.29 is 9.53 Å². The quantitative estimate of drug-likeness (QED) is 0.923. The molecule has 2 heterocycles. The first-order valence-electron chi connectivity index (χ1n) is 5.94. The summed E-state index contributed by atoms with van der Waals surface area (Å²) < 4.78 is 8.92. The van der Waals surface area contributed by atoms with Crippen molar-refractivity contribution in [3.8, 4) is 5.88 Å². The average molecular weight is 342 g/mol. The lowest BCUT2D eigenvalue weighted by atomic mass is 10.3. The van der Waals surface area contributed by atoms with Crippen LogP contribution in [0.5, 0.6) is 5.88 Å². The lowest BCUT2D eigenvalue weighted by Gasteiger charge is -2.04. The van der Waals surface area contributed by atoms with Crippen molar-refractivity contribution >= 4 is 27.5 Å². The molecule has 108 valence electrons. The van der Waals surface area contributed by atoms with E-state index in [4.69, 9.17) is 4.74 Å². The van der Waals surface area contributed by atoms with Crippen molar-refractivity contribution in [3.05, 3.63) is 21.6 Å². The van der Waals surface area contributed by atoms with Crippen molar-refractivity contribution in [2.45, 2.75) is 13.8 Å². The average Bonchev–Trinajstić information content (AvgIpc) is 2.80. The normalized spacial score (nSPS) is 10.7. The second-order valence-electron chi connectivity index (χ2n) is 4.42. The molecule has 0 aliphatic heterocycles. The first-order chi connectivity index (χ1) is 9.36. The first-order valence-corrected chi connectivity index (χ1v) is 6.74. The summed E-state index contributed by atoms with van der Waals surface area (Å²) in [4.78, 5) is 12.3. The molecule has 0 aromatic carbocycles. The van der Waals surface area contributed by atoms with Crippen LogP contribution in [-0.4, -0.2) is 32.6 Å². The number of aromatic nitrogens is 4. The van der Waals surface area contributed by atoms with Gasteiger partial charge in [0.05, 0.1) is 24.2 Å². The van der Waals surface area contributed by atoms with E-state index in [1.165, 1.54) is 11.8 Å². The zero-order chi connectivity index (χ0) is 15.0. The Balaban J connectivity index is 2.33. The predicted octanol–water partition coefficient (Wildman–Crippen LogP) is 1.79. The largest absolute Gasteiger partial charge is 0.480 e. The number of hydrogen-bond donors (Lipinski definition) is 1. The smallest absolute Gasteiger partial charge is 0.277 e. The molecule has 2 aromatic heterocycles. The zero-order valence-electron chi connectivity index (χ0n) is 12.0. The van der Waals surface area contributed by atoms with Crippen LogP contribution < -0.4 is 10.1 Å². The Morgan fingerprint density at radius 1 is 1.25 bits per heavy atom. The van der Waals surface area contributed by atoms with E-state index in [1.807, 2.05) is 20.9 Å². The van der Waals surface area contributed by atoms with Crippen molar-refractivity contribution in [3.63, 3.8) is 0 Å². The molecule has 1 amide bonds. The first kappa shape index (κ1) is 14.6. The van der Waals surface area contributed by atoms with E-state index in [1.54, 1.807) is 11.7 Å². The molecule has 0 bridgehead atoms. The fourth-order valence-electron chi connectivity index (χ4n) is 1.98. The van der Waals surface area contributed by atoms with Gasteiger partial charge in [0.2, 0.25) is 5.88 Å². The van der Waals surface area contributed by atoms with Crippen LogP contribution in [0.1, 0.15) is 21.9 Å². The summed E-state index contributed by atoms with van der Waals surface area (Å²) in [5.74, 6) is 0.185. The van der Waals surface area contributed by atoms with Crippen LogP contribution in [0.2, 0.25) is 0 Å². The molecule has 20 heavy (non-hydrogen) atoms.